The second-order valence-corrected chi connectivity index (χ2v) is 2.83. The van der Waals surface area contributed by atoms with Gasteiger partial charge in [-0.05, 0) is 6.92 Å². The van der Waals surface area contributed by atoms with Crippen molar-refractivity contribution in [2.75, 3.05) is 5.88 Å². The third-order valence-corrected chi connectivity index (χ3v) is 1.93. The van der Waals surface area contributed by atoms with Crippen LogP contribution in [0.4, 0.5) is 0 Å². The Kier molecular flexibility index (Phi) is 5.34. The van der Waals surface area contributed by atoms with Crippen LogP contribution in [0.5, 0.6) is 0 Å². The molecule has 4 heteroatoms. The molecular weight excluding hydrogens is 185 g/mol. The molecule has 0 aliphatic heterocycles. The van der Waals surface area contributed by atoms with Gasteiger partial charge in [0.05, 0.1) is 6.04 Å². The zero-order valence-electron chi connectivity index (χ0n) is 6.53. The van der Waals surface area contributed by atoms with Crippen LogP contribution in [-0.2, 0) is 4.79 Å². The summed E-state index contributed by atoms with van der Waals surface area (Å²) in [6.07, 6.45) is 1.71. The van der Waals surface area contributed by atoms with Crippen molar-refractivity contribution in [3.63, 3.8) is 0 Å². The Morgan fingerprint density at radius 3 is 2.55 bits per heavy atom. The first-order valence-corrected chi connectivity index (χ1v) is 4.17. The highest BCUT2D eigenvalue weighted by Crippen LogP contribution is 2.08. The molecule has 0 saturated heterocycles. The van der Waals surface area contributed by atoms with Crippen molar-refractivity contribution in [2.24, 2.45) is 0 Å². The Balaban J connectivity index is 4.06. The van der Waals surface area contributed by atoms with Crippen LogP contribution in [-0.4, -0.2) is 17.8 Å². The van der Waals surface area contributed by atoms with E-state index >= 15 is 0 Å². The van der Waals surface area contributed by atoms with Gasteiger partial charge in [0.25, 0.3) is 0 Å². The van der Waals surface area contributed by atoms with Crippen LogP contribution in [0.2, 0.25) is 0 Å². The largest absolute Gasteiger partial charge is 0.347 e. The number of alkyl halides is 1. The molecule has 1 N–H and O–H groups in total. The van der Waals surface area contributed by atoms with Crippen LogP contribution in [0.15, 0.2) is 11.1 Å². The van der Waals surface area contributed by atoms with Crippen LogP contribution in [0.3, 0.4) is 0 Å². The molecule has 0 saturated carbocycles. The number of carbonyl (C=O) groups is 1. The molecule has 0 spiro atoms. The maximum atomic E-state index is 10.6. The topological polar surface area (TPSA) is 29.1 Å². The third kappa shape index (κ3) is 4.27. The first kappa shape index (κ1) is 10.8. The van der Waals surface area contributed by atoms with Gasteiger partial charge in [-0.2, -0.15) is 0 Å². The highest BCUT2D eigenvalue weighted by atomic mass is 35.5. The lowest BCUT2D eigenvalue weighted by molar-refractivity contribution is -0.119. The standard InChI is InChI=1S/C7H11Cl2NO/c1-3-6(9)7(4-8)10-5(2)11/h3,7H,4H2,1-2H3,(H,10,11)/b6-3+. The second kappa shape index (κ2) is 5.44. The summed E-state index contributed by atoms with van der Waals surface area (Å²) in [5.41, 5.74) is 0. The monoisotopic (exact) mass is 195 g/mol. The summed E-state index contributed by atoms with van der Waals surface area (Å²) in [6, 6.07) is -0.249. The molecule has 0 aromatic carbocycles. The minimum Gasteiger partial charge on any atom is -0.347 e. The fraction of sp³-hybridized carbons (Fsp3) is 0.571. The molecule has 1 atom stereocenters. The van der Waals surface area contributed by atoms with Crippen molar-refractivity contribution in [2.45, 2.75) is 19.9 Å². The first-order chi connectivity index (χ1) is 5.11. The number of carbonyl (C=O) groups excluding carboxylic acids is 1. The van der Waals surface area contributed by atoms with Crippen molar-refractivity contribution in [3.8, 4) is 0 Å². The summed E-state index contributed by atoms with van der Waals surface area (Å²) in [6.45, 7) is 3.23. The Bertz CT molecular complexity index is 168. The summed E-state index contributed by atoms with van der Waals surface area (Å²) >= 11 is 11.3. The predicted molar refractivity (Wildman–Crippen MR) is 47.9 cm³/mol. The molecule has 0 aliphatic rings. The van der Waals surface area contributed by atoms with E-state index in [1.807, 2.05) is 0 Å². The van der Waals surface area contributed by atoms with Gasteiger partial charge in [-0.15, -0.1) is 11.6 Å². The summed E-state index contributed by atoms with van der Waals surface area (Å²) in [4.78, 5) is 10.6. The third-order valence-electron chi connectivity index (χ3n) is 1.14. The fourth-order valence-corrected chi connectivity index (χ4v) is 1.08. The molecule has 1 unspecified atom stereocenters. The van der Waals surface area contributed by atoms with E-state index in [0.29, 0.717) is 10.9 Å². The van der Waals surface area contributed by atoms with E-state index in [-0.39, 0.29) is 11.9 Å². The maximum absolute atomic E-state index is 10.6. The van der Waals surface area contributed by atoms with Crippen LogP contribution < -0.4 is 5.32 Å². The predicted octanol–water partition coefficient (Wildman–Crippen LogP) is 1.87. The van der Waals surface area contributed by atoms with Crippen LogP contribution >= 0.6 is 23.2 Å². The van der Waals surface area contributed by atoms with Crippen LogP contribution in [0, 0.1) is 0 Å². The molecule has 0 radical (unpaired) electrons. The number of allylic oxidation sites excluding steroid dienone is 1. The average Bonchev–Trinajstić information content (AvgIpc) is 1.98. The van der Waals surface area contributed by atoms with Gasteiger partial charge in [0, 0.05) is 17.8 Å². The lowest BCUT2D eigenvalue weighted by atomic mass is 10.3. The molecule has 0 aromatic rings. The van der Waals surface area contributed by atoms with E-state index in [0.717, 1.165) is 0 Å². The minimum absolute atomic E-state index is 0.129. The van der Waals surface area contributed by atoms with E-state index in [4.69, 9.17) is 23.2 Å². The average molecular weight is 196 g/mol. The molecule has 0 heterocycles. The molecule has 0 aliphatic carbocycles. The molecule has 0 aromatic heterocycles. The van der Waals surface area contributed by atoms with Crippen molar-refractivity contribution in [1.29, 1.82) is 0 Å². The van der Waals surface area contributed by atoms with Gasteiger partial charge in [-0.3, -0.25) is 4.79 Å². The van der Waals surface area contributed by atoms with Gasteiger partial charge in [0.15, 0.2) is 0 Å². The number of amides is 1. The van der Waals surface area contributed by atoms with Gasteiger partial charge in [0.2, 0.25) is 5.91 Å². The van der Waals surface area contributed by atoms with Crippen molar-refractivity contribution in [1.82, 2.24) is 5.32 Å². The van der Waals surface area contributed by atoms with E-state index in [2.05, 4.69) is 5.32 Å². The van der Waals surface area contributed by atoms with Gasteiger partial charge >= 0.3 is 0 Å². The lowest BCUT2D eigenvalue weighted by Crippen LogP contribution is -2.34. The van der Waals surface area contributed by atoms with Gasteiger partial charge in [-0.25, -0.2) is 0 Å². The summed E-state index contributed by atoms with van der Waals surface area (Å²) in [5.74, 6) is 0.165. The zero-order valence-corrected chi connectivity index (χ0v) is 8.04. The SMILES string of the molecule is C/C=C(/Cl)C(CCl)NC(C)=O. The molecule has 0 rings (SSSR count). The van der Waals surface area contributed by atoms with Crippen molar-refractivity contribution < 1.29 is 4.79 Å². The quantitative estimate of drug-likeness (QED) is 0.686. The molecular formula is C7H11Cl2NO. The van der Waals surface area contributed by atoms with Crippen LogP contribution in [0.25, 0.3) is 0 Å². The van der Waals surface area contributed by atoms with E-state index < -0.39 is 0 Å². The van der Waals surface area contributed by atoms with E-state index in [1.54, 1.807) is 13.0 Å². The number of hydrogen-bond acceptors (Lipinski definition) is 1. The highest BCUT2D eigenvalue weighted by molar-refractivity contribution is 6.31. The summed E-state index contributed by atoms with van der Waals surface area (Å²) < 4.78 is 0. The van der Waals surface area contributed by atoms with E-state index in [9.17, 15) is 4.79 Å². The van der Waals surface area contributed by atoms with Gasteiger partial charge in [-0.1, -0.05) is 17.7 Å². The minimum atomic E-state index is -0.249. The molecule has 0 bridgehead atoms. The normalized spacial score (nSPS) is 14.4. The van der Waals surface area contributed by atoms with E-state index in [1.165, 1.54) is 6.92 Å². The van der Waals surface area contributed by atoms with Crippen molar-refractivity contribution >= 4 is 29.1 Å². The van der Waals surface area contributed by atoms with Crippen LogP contribution in [0.1, 0.15) is 13.8 Å². The number of rotatable bonds is 3. The smallest absolute Gasteiger partial charge is 0.217 e. The second-order valence-electron chi connectivity index (χ2n) is 2.08. The highest BCUT2D eigenvalue weighted by Gasteiger charge is 2.10. The Hall–Kier alpha value is -0.210. The van der Waals surface area contributed by atoms with Gasteiger partial charge in [0.1, 0.15) is 0 Å². The Morgan fingerprint density at radius 2 is 2.27 bits per heavy atom. The molecule has 2 nitrogen and oxygen atoms in total. The maximum Gasteiger partial charge on any atom is 0.217 e. The fourth-order valence-electron chi connectivity index (χ4n) is 0.628. The Labute approximate surface area is 76.6 Å². The summed E-state index contributed by atoms with van der Waals surface area (Å²) in [7, 11) is 0. The van der Waals surface area contributed by atoms with Gasteiger partial charge < -0.3 is 5.32 Å². The molecule has 11 heavy (non-hydrogen) atoms. The van der Waals surface area contributed by atoms with Crippen molar-refractivity contribution in [3.05, 3.63) is 11.1 Å². The zero-order chi connectivity index (χ0) is 8.85. The number of hydrogen-bond donors (Lipinski definition) is 1. The lowest BCUT2D eigenvalue weighted by Gasteiger charge is -2.12. The number of nitrogens with one attached hydrogen (secondary N) is 1. The molecule has 1 amide bonds. The Morgan fingerprint density at radius 1 is 1.73 bits per heavy atom. The summed E-state index contributed by atoms with van der Waals surface area (Å²) in [5, 5.41) is 3.17. The molecule has 0 fully saturated rings. The first-order valence-electron chi connectivity index (χ1n) is 3.26. The molecule has 64 valence electrons. The number of halogens is 2.